The summed E-state index contributed by atoms with van der Waals surface area (Å²) in [6.45, 7) is 0. The van der Waals surface area contributed by atoms with Gasteiger partial charge in [0.2, 0.25) is 5.82 Å². The molecule has 8 heteroatoms. The third-order valence-corrected chi connectivity index (χ3v) is 2.77. The molecular weight excluding hydrogens is 262 g/mol. The molecule has 0 saturated heterocycles. The number of non-ortho nitro benzene ring substituents is 1. The summed E-state index contributed by atoms with van der Waals surface area (Å²) >= 11 is 0. The van der Waals surface area contributed by atoms with E-state index in [9.17, 15) is 10.1 Å². The average Bonchev–Trinajstić information content (AvgIpc) is 3.07. The SMILES string of the molecule is Cn1ccnc1-c1noc(-c2ccc([N+](=O)[O-])cc2)n1. The monoisotopic (exact) mass is 271 g/mol. The molecule has 8 nitrogen and oxygen atoms in total. The second-order valence-corrected chi connectivity index (χ2v) is 4.09. The van der Waals surface area contributed by atoms with E-state index in [1.807, 2.05) is 7.05 Å². The Morgan fingerprint density at radius 1 is 1.30 bits per heavy atom. The molecule has 0 unspecified atom stereocenters. The second-order valence-electron chi connectivity index (χ2n) is 4.09. The van der Waals surface area contributed by atoms with Crippen molar-refractivity contribution in [1.82, 2.24) is 19.7 Å². The first-order valence-corrected chi connectivity index (χ1v) is 5.71. The van der Waals surface area contributed by atoms with Gasteiger partial charge in [0.1, 0.15) is 0 Å². The van der Waals surface area contributed by atoms with Crippen LogP contribution in [0.3, 0.4) is 0 Å². The highest BCUT2D eigenvalue weighted by molar-refractivity contribution is 5.57. The lowest BCUT2D eigenvalue weighted by atomic mass is 10.2. The maximum absolute atomic E-state index is 10.6. The molecule has 100 valence electrons. The van der Waals surface area contributed by atoms with Crippen LogP contribution in [0.25, 0.3) is 23.1 Å². The van der Waals surface area contributed by atoms with Crippen molar-refractivity contribution in [2.45, 2.75) is 0 Å². The molecule has 0 aliphatic rings. The molecular formula is C12H9N5O3. The van der Waals surface area contributed by atoms with Crippen LogP contribution >= 0.6 is 0 Å². The first-order valence-electron chi connectivity index (χ1n) is 5.71. The van der Waals surface area contributed by atoms with Crippen molar-refractivity contribution in [3.63, 3.8) is 0 Å². The Kier molecular flexibility index (Phi) is 2.75. The predicted octanol–water partition coefficient (Wildman–Crippen LogP) is 2.05. The van der Waals surface area contributed by atoms with Crippen LogP contribution in [0, 0.1) is 10.1 Å². The van der Waals surface area contributed by atoms with Gasteiger partial charge in [-0.15, -0.1) is 0 Å². The van der Waals surface area contributed by atoms with Gasteiger partial charge in [-0.3, -0.25) is 10.1 Å². The quantitative estimate of drug-likeness (QED) is 0.533. The van der Waals surface area contributed by atoms with Gasteiger partial charge in [0, 0.05) is 37.1 Å². The number of aryl methyl sites for hydroxylation is 1. The van der Waals surface area contributed by atoms with Crippen LogP contribution in [0.15, 0.2) is 41.2 Å². The number of benzene rings is 1. The van der Waals surface area contributed by atoms with Crippen LogP contribution < -0.4 is 0 Å². The molecule has 2 heterocycles. The second kappa shape index (κ2) is 4.57. The van der Waals surface area contributed by atoms with E-state index < -0.39 is 4.92 Å². The van der Waals surface area contributed by atoms with Crippen LogP contribution in [-0.2, 0) is 7.05 Å². The Hall–Kier alpha value is -3.03. The molecule has 0 saturated carbocycles. The molecule has 3 rings (SSSR count). The molecule has 0 bridgehead atoms. The summed E-state index contributed by atoms with van der Waals surface area (Å²) in [5, 5.41) is 14.4. The molecule has 0 amide bonds. The van der Waals surface area contributed by atoms with Crippen molar-refractivity contribution in [2.75, 3.05) is 0 Å². The van der Waals surface area contributed by atoms with Gasteiger partial charge < -0.3 is 9.09 Å². The average molecular weight is 271 g/mol. The number of hydrogen-bond donors (Lipinski definition) is 0. The predicted molar refractivity (Wildman–Crippen MR) is 68.6 cm³/mol. The van der Waals surface area contributed by atoms with Gasteiger partial charge in [-0.2, -0.15) is 4.98 Å². The molecule has 0 atom stereocenters. The molecule has 0 fully saturated rings. The van der Waals surface area contributed by atoms with Crippen LogP contribution in [0.1, 0.15) is 0 Å². The third-order valence-electron chi connectivity index (χ3n) is 2.77. The molecule has 3 aromatic rings. The summed E-state index contributed by atoms with van der Waals surface area (Å²) in [5.74, 6) is 1.24. The largest absolute Gasteiger partial charge is 0.334 e. The van der Waals surface area contributed by atoms with Crippen molar-refractivity contribution < 1.29 is 9.45 Å². The summed E-state index contributed by atoms with van der Waals surface area (Å²) in [5.41, 5.74) is 0.626. The maximum Gasteiger partial charge on any atom is 0.269 e. The minimum Gasteiger partial charge on any atom is -0.334 e. The van der Waals surface area contributed by atoms with E-state index in [-0.39, 0.29) is 11.6 Å². The Bertz CT molecular complexity index is 760. The fourth-order valence-electron chi connectivity index (χ4n) is 1.74. The van der Waals surface area contributed by atoms with Gasteiger partial charge in [-0.05, 0) is 12.1 Å². The van der Waals surface area contributed by atoms with E-state index >= 15 is 0 Å². The minimum absolute atomic E-state index is 0.0117. The number of aromatic nitrogens is 4. The van der Waals surface area contributed by atoms with Gasteiger partial charge in [0.15, 0.2) is 5.82 Å². The third kappa shape index (κ3) is 2.03. The van der Waals surface area contributed by atoms with E-state index in [0.29, 0.717) is 17.2 Å². The topological polar surface area (TPSA) is 99.9 Å². The number of imidazole rings is 1. The van der Waals surface area contributed by atoms with Crippen molar-refractivity contribution in [3.05, 3.63) is 46.8 Å². The Morgan fingerprint density at radius 3 is 2.65 bits per heavy atom. The van der Waals surface area contributed by atoms with Gasteiger partial charge >= 0.3 is 0 Å². The van der Waals surface area contributed by atoms with Crippen molar-refractivity contribution in [3.8, 4) is 23.1 Å². The van der Waals surface area contributed by atoms with Gasteiger partial charge in [0.05, 0.1) is 4.92 Å². The normalized spacial score (nSPS) is 10.7. The highest BCUT2D eigenvalue weighted by Crippen LogP contribution is 2.23. The lowest BCUT2D eigenvalue weighted by molar-refractivity contribution is -0.384. The van der Waals surface area contributed by atoms with E-state index in [0.717, 1.165) is 0 Å². The zero-order valence-electron chi connectivity index (χ0n) is 10.4. The zero-order chi connectivity index (χ0) is 14.1. The van der Waals surface area contributed by atoms with Crippen LogP contribution in [0.4, 0.5) is 5.69 Å². The summed E-state index contributed by atoms with van der Waals surface area (Å²) in [4.78, 5) is 18.5. The fourth-order valence-corrected chi connectivity index (χ4v) is 1.74. The first kappa shape index (κ1) is 12.0. The van der Waals surface area contributed by atoms with E-state index in [1.165, 1.54) is 12.1 Å². The minimum atomic E-state index is -0.461. The highest BCUT2D eigenvalue weighted by atomic mass is 16.6. The smallest absolute Gasteiger partial charge is 0.269 e. The van der Waals surface area contributed by atoms with Gasteiger partial charge in [-0.1, -0.05) is 5.16 Å². The van der Waals surface area contributed by atoms with Gasteiger partial charge in [-0.25, -0.2) is 4.98 Å². The van der Waals surface area contributed by atoms with Crippen molar-refractivity contribution >= 4 is 5.69 Å². The Balaban J connectivity index is 1.94. The van der Waals surface area contributed by atoms with Crippen molar-refractivity contribution in [1.29, 1.82) is 0 Å². The van der Waals surface area contributed by atoms with E-state index in [2.05, 4.69) is 15.1 Å². The fraction of sp³-hybridized carbons (Fsp3) is 0.0833. The van der Waals surface area contributed by atoms with Crippen LogP contribution in [0.2, 0.25) is 0 Å². The maximum atomic E-state index is 10.6. The van der Waals surface area contributed by atoms with Crippen LogP contribution in [-0.4, -0.2) is 24.6 Å². The van der Waals surface area contributed by atoms with Crippen LogP contribution in [0.5, 0.6) is 0 Å². The summed E-state index contributed by atoms with van der Waals surface area (Å²) in [7, 11) is 1.82. The Labute approximate surface area is 112 Å². The summed E-state index contributed by atoms with van der Waals surface area (Å²) in [6.07, 6.45) is 3.41. The van der Waals surface area contributed by atoms with Crippen molar-refractivity contribution in [2.24, 2.45) is 7.05 Å². The summed E-state index contributed by atoms with van der Waals surface area (Å²) in [6, 6.07) is 5.90. The number of hydrogen-bond acceptors (Lipinski definition) is 6. The lowest BCUT2D eigenvalue weighted by Crippen LogP contribution is -1.92. The standard InChI is InChI=1S/C12H9N5O3/c1-16-7-6-13-11(16)10-14-12(20-15-10)8-2-4-9(5-3-8)17(18)19/h2-7H,1H3. The molecule has 0 aliphatic heterocycles. The zero-order valence-corrected chi connectivity index (χ0v) is 10.4. The van der Waals surface area contributed by atoms with E-state index in [1.54, 1.807) is 29.1 Å². The molecule has 0 radical (unpaired) electrons. The molecule has 20 heavy (non-hydrogen) atoms. The molecule has 0 aliphatic carbocycles. The molecule has 2 aromatic heterocycles. The lowest BCUT2D eigenvalue weighted by Gasteiger charge is -1.94. The number of nitrogens with zero attached hydrogens (tertiary/aromatic N) is 5. The summed E-state index contributed by atoms with van der Waals surface area (Å²) < 4.78 is 6.91. The number of nitro groups is 1. The number of rotatable bonds is 3. The highest BCUT2D eigenvalue weighted by Gasteiger charge is 2.14. The molecule has 1 aromatic carbocycles. The first-order chi connectivity index (χ1) is 9.65. The Morgan fingerprint density at radius 2 is 2.05 bits per heavy atom. The van der Waals surface area contributed by atoms with Gasteiger partial charge in [0.25, 0.3) is 11.6 Å². The molecule has 0 N–H and O–H groups in total. The molecule has 0 spiro atoms. The number of nitro benzene ring substituents is 1. The van der Waals surface area contributed by atoms with E-state index in [4.69, 9.17) is 4.52 Å².